The van der Waals surface area contributed by atoms with Gasteiger partial charge in [0.15, 0.2) is 6.04 Å². The Morgan fingerprint density at radius 3 is 2.95 bits per heavy atom. The molecule has 0 aromatic carbocycles. The molecule has 2 aromatic rings. The van der Waals surface area contributed by atoms with Crippen LogP contribution in [0.2, 0.25) is 0 Å². The van der Waals surface area contributed by atoms with Crippen molar-refractivity contribution < 1.29 is 19.3 Å². The van der Waals surface area contributed by atoms with Crippen molar-refractivity contribution in [2.75, 3.05) is 12.3 Å². The SMILES string of the molecule is Nc1nonc1C(=O)N1CCc2sccc2C1C(=O)O. The Morgan fingerprint density at radius 2 is 2.30 bits per heavy atom. The van der Waals surface area contributed by atoms with Crippen LogP contribution in [0.3, 0.4) is 0 Å². The number of fused-ring (bicyclic) bond motifs is 1. The van der Waals surface area contributed by atoms with Crippen LogP contribution in [0, 0.1) is 0 Å². The number of amides is 1. The van der Waals surface area contributed by atoms with Gasteiger partial charge in [-0.3, -0.25) is 4.79 Å². The summed E-state index contributed by atoms with van der Waals surface area (Å²) < 4.78 is 4.39. The first kappa shape index (κ1) is 12.6. The lowest BCUT2D eigenvalue weighted by molar-refractivity contribution is -0.143. The first-order valence-electron chi connectivity index (χ1n) is 5.77. The Balaban J connectivity index is 2.00. The largest absolute Gasteiger partial charge is 0.479 e. The van der Waals surface area contributed by atoms with Gasteiger partial charge in [-0.05, 0) is 33.7 Å². The molecule has 2 aromatic heterocycles. The zero-order valence-corrected chi connectivity index (χ0v) is 11.0. The van der Waals surface area contributed by atoms with Gasteiger partial charge in [0.2, 0.25) is 11.5 Å². The second kappa shape index (κ2) is 4.60. The molecule has 0 spiro atoms. The molecule has 0 aliphatic carbocycles. The fraction of sp³-hybridized carbons (Fsp3) is 0.273. The lowest BCUT2D eigenvalue weighted by Crippen LogP contribution is -2.43. The third kappa shape index (κ3) is 1.83. The van der Waals surface area contributed by atoms with Gasteiger partial charge in [0.1, 0.15) is 0 Å². The summed E-state index contributed by atoms with van der Waals surface area (Å²) in [6.07, 6.45) is 0.605. The molecule has 3 rings (SSSR count). The molecule has 0 saturated carbocycles. The zero-order valence-electron chi connectivity index (χ0n) is 10.1. The molecule has 0 bridgehead atoms. The van der Waals surface area contributed by atoms with E-state index in [4.69, 9.17) is 5.73 Å². The van der Waals surface area contributed by atoms with Crippen molar-refractivity contribution in [1.82, 2.24) is 15.2 Å². The molecule has 1 aliphatic rings. The number of aromatic nitrogens is 2. The van der Waals surface area contributed by atoms with E-state index in [1.54, 1.807) is 6.07 Å². The van der Waals surface area contributed by atoms with E-state index in [9.17, 15) is 14.7 Å². The van der Waals surface area contributed by atoms with Crippen LogP contribution in [0.4, 0.5) is 5.82 Å². The Labute approximate surface area is 116 Å². The number of nitrogen functional groups attached to an aromatic ring is 1. The number of carboxylic acids is 1. The topological polar surface area (TPSA) is 123 Å². The predicted molar refractivity (Wildman–Crippen MR) is 68.1 cm³/mol. The van der Waals surface area contributed by atoms with E-state index in [1.807, 2.05) is 5.38 Å². The number of nitrogens with two attached hydrogens (primary N) is 1. The molecule has 1 aliphatic heterocycles. The Kier molecular flexibility index (Phi) is 2.90. The standard InChI is InChI=1S/C11H10N4O4S/c12-9-7(13-19-14-9)10(16)15-3-1-6-5(2-4-20-6)8(15)11(17)18/h2,4,8H,1,3H2,(H2,12,14)(H,17,18). The molecule has 1 atom stereocenters. The third-order valence-electron chi connectivity index (χ3n) is 3.18. The van der Waals surface area contributed by atoms with Crippen LogP contribution in [0.15, 0.2) is 16.1 Å². The maximum Gasteiger partial charge on any atom is 0.331 e. The quantitative estimate of drug-likeness (QED) is 0.828. The van der Waals surface area contributed by atoms with Crippen molar-refractivity contribution in [3.8, 4) is 0 Å². The summed E-state index contributed by atoms with van der Waals surface area (Å²) in [5.74, 6) is -1.82. The van der Waals surface area contributed by atoms with Crippen LogP contribution in [0.5, 0.6) is 0 Å². The van der Waals surface area contributed by atoms with Crippen molar-refractivity contribution in [1.29, 1.82) is 0 Å². The number of carboxylic acid groups (broad SMARTS) is 1. The monoisotopic (exact) mass is 294 g/mol. The summed E-state index contributed by atoms with van der Waals surface area (Å²) >= 11 is 1.49. The van der Waals surface area contributed by atoms with Crippen LogP contribution in [-0.2, 0) is 11.2 Å². The van der Waals surface area contributed by atoms with Gasteiger partial charge in [-0.15, -0.1) is 11.3 Å². The van der Waals surface area contributed by atoms with Crippen molar-refractivity contribution in [2.45, 2.75) is 12.5 Å². The van der Waals surface area contributed by atoms with Crippen LogP contribution in [0.25, 0.3) is 0 Å². The Morgan fingerprint density at radius 1 is 1.50 bits per heavy atom. The number of carbonyl (C=O) groups excluding carboxylic acids is 1. The van der Waals surface area contributed by atoms with Gasteiger partial charge in [-0.2, -0.15) is 0 Å². The van der Waals surface area contributed by atoms with E-state index < -0.39 is 17.9 Å². The average Bonchev–Trinajstić information content (AvgIpc) is 3.04. The highest BCUT2D eigenvalue weighted by Gasteiger charge is 2.38. The maximum atomic E-state index is 12.4. The summed E-state index contributed by atoms with van der Waals surface area (Å²) in [6.45, 7) is 0.287. The molecule has 8 nitrogen and oxygen atoms in total. The van der Waals surface area contributed by atoms with Crippen molar-refractivity contribution in [3.63, 3.8) is 0 Å². The summed E-state index contributed by atoms with van der Waals surface area (Å²) in [5, 5.41) is 18.0. The fourth-order valence-corrected chi connectivity index (χ4v) is 3.19. The minimum absolute atomic E-state index is 0.143. The summed E-state index contributed by atoms with van der Waals surface area (Å²) in [4.78, 5) is 26.1. The van der Waals surface area contributed by atoms with Gasteiger partial charge < -0.3 is 15.7 Å². The maximum absolute atomic E-state index is 12.4. The molecular formula is C11H10N4O4S. The number of hydrogen-bond donors (Lipinski definition) is 2. The summed E-state index contributed by atoms with van der Waals surface area (Å²) in [5.41, 5.74) is 5.96. The molecule has 3 N–H and O–H groups in total. The number of nitrogens with zero attached hydrogens (tertiary/aromatic N) is 3. The van der Waals surface area contributed by atoms with E-state index in [0.717, 1.165) is 4.88 Å². The second-order valence-corrected chi connectivity index (χ2v) is 5.29. The number of carbonyl (C=O) groups is 2. The third-order valence-corrected chi connectivity index (χ3v) is 4.17. The van der Waals surface area contributed by atoms with E-state index in [1.165, 1.54) is 16.2 Å². The van der Waals surface area contributed by atoms with Crippen molar-refractivity contribution in [2.24, 2.45) is 0 Å². The van der Waals surface area contributed by atoms with Gasteiger partial charge >= 0.3 is 5.97 Å². The minimum Gasteiger partial charge on any atom is -0.479 e. The highest BCUT2D eigenvalue weighted by atomic mass is 32.1. The smallest absolute Gasteiger partial charge is 0.331 e. The second-order valence-electron chi connectivity index (χ2n) is 4.29. The number of thiophene rings is 1. The molecular weight excluding hydrogens is 284 g/mol. The Bertz CT molecular complexity index is 680. The number of anilines is 1. The first-order valence-corrected chi connectivity index (χ1v) is 6.65. The van der Waals surface area contributed by atoms with Crippen LogP contribution in [0.1, 0.15) is 27.0 Å². The first-order chi connectivity index (χ1) is 9.59. The number of aliphatic carboxylic acids is 1. The number of rotatable bonds is 2. The normalized spacial score (nSPS) is 17.8. The van der Waals surface area contributed by atoms with Crippen LogP contribution >= 0.6 is 11.3 Å². The van der Waals surface area contributed by atoms with Crippen molar-refractivity contribution >= 4 is 29.0 Å². The van der Waals surface area contributed by atoms with Crippen molar-refractivity contribution in [3.05, 3.63) is 27.6 Å². The summed E-state index contributed by atoms with van der Waals surface area (Å²) in [6, 6.07) is 0.691. The minimum atomic E-state index is -1.09. The highest BCUT2D eigenvalue weighted by Crippen LogP contribution is 2.34. The lowest BCUT2D eigenvalue weighted by atomic mass is 9.99. The predicted octanol–water partition coefficient (Wildman–Crippen LogP) is 0.537. The van der Waals surface area contributed by atoms with E-state index in [0.29, 0.717) is 12.0 Å². The van der Waals surface area contributed by atoms with E-state index in [2.05, 4.69) is 14.9 Å². The highest BCUT2D eigenvalue weighted by molar-refractivity contribution is 7.10. The zero-order chi connectivity index (χ0) is 14.3. The van der Waals surface area contributed by atoms with Gasteiger partial charge in [0.25, 0.3) is 5.91 Å². The molecule has 1 amide bonds. The lowest BCUT2D eigenvalue weighted by Gasteiger charge is -2.32. The molecule has 3 heterocycles. The van der Waals surface area contributed by atoms with Gasteiger partial charge in [-0.1, -0.05) is 0 Å². The molecule has 0 fully saturated rings. The van der Waals surface area contributed by atoms with Crippen LogP contribution in [-0.4, -0.2) is 38.7 Å². The molecule has 20 heavy (non-hydrogen) atoms. The van der Waals surface area contributed by atoms with Gasteiger partial charge in [-0.25, -0.2) is 9.42 Å². The Hall–Kier alpha value is -2.42. The fourth-order valence-electron chi connectivity index (χ4n) is 2.28. The molecule has 0 radical (unpaired) electrons. The van der Waals surface area contributed by atoms with Gasteiger partial charge in [0.05, 0.1) is 0 Å². The molecule has 0 saturated heterocycles. The average molecular weight is 294 g/mol. The molecule has 1 unspecified atom stereocenters. The van der Waals surface area contributed by atoms with E-state index in [-0.39, 0.29) is 18.1 Å². The van der Waals surface area contributed by atoms with Gasteiger partial charge in [0, 0.05) is 11.4 Å². The summed E-state index contributed by atoms with van der Waals surface area (Å²) in [7, 11) is 0. The molecule has 104 valence electrons. The van der Waals surface area contributed by atoms with E-state index >= 15 is 0 Å². The number of hydrogen-bond acceptors (Lipinski definition) is 7. The molecule has 9 heteroatoms. The van der Waals surface area contributed by atoms with Crippen LogP contribution < -0.4 is 5.73 Å².